The van der Waals surface area contributed by atoms with E-state index < -0.39 is 11.7 Å². The Morgan fingerprint density at radius 2 is 2.03 bits per heavy atom. The van der Waals surface area contributed by atoms with Crippen LogP contribution in [0.2, 0.25) is 0 Å². The number of hydrogen-bond acceptors (Lipinski definition) is 4. The summed E-state index contributed by atoms with van der Waals surface area (Å²) in [5.41, 5.74) is 4.87. The summed E-state index contributed by atoms with van der Waals surface area (Å²) in [6.07, 6.45) is 4.41. The van der Waals surface area contributed by atoms with Gasteiger partial charge < -0.3 is 14.5 Å². The van der Waals surface area contributed by atoms with E-state index in [0.717, 1.165) is 57.9 Å². The standard InChI is InChI=1S/C24H25NO4/c1-24(2,3)29-23(27)25-13-15-5-4-6-17(11-15)20-12-18(14-26)21(16-7-8-16)19-9-10-28-22(19)20/h4-6,9-12,14,16H,7-8,13H2,1-3H3,(H,25,27). The fourth-order valence-electron chi connectivity index (χ4n) is 3.66. The zero-order valence-corrected chi connectivity index (χ0v) is 17.0. The SMILES string of the molecule is CC(C)(C)OC(=O)NCc1cccc(-c2cc(C=O)c(C3CC3)c3ccoc23)c1. The third-order valence-corrected chi connectivity index (χ3v) is 5.00. The van der Waals surface area contributed by atoms with E-state index in [1.165, 1.54) is 0 Å². The number of carbonyl (C=O) groups is 2. The molecule has 0 radical (unpaired) electrons. The highest BCUT2D eigenvalue weighted by Crippen LogP contribution is 2.46. The molecule has 2 aromatic carbocycles. The molecule has 0 unspecified atom stereocenters. The van der Waals surface area contributed by atoms with Crippen LogP contribution in [0.3, 0.4) is 0 Å². The Morgan fingerprint density at radius 3 is 2.72 bits per heavy atom. The Balaban J connectivity index is 1.64. The highest BCUT2D eigenvalue weighted by Gasteiger charge is 2.29. The number of ether oxygens (including phenoxy) is 1. The van der Waals surface area contributed by atoms with E-state index in [2.05, 4.69) is 5.32 Å². The zero-order valence-electron chi connectivity index (χ0n) is 17.0. The number of alkyl carbamates (subject to hydrolysis) is 1. The first-order valence-corrected chi connectivity index (χ1v) is 9.91. The van der Waals surface area contributed by atoms with Crippen molar-refractivity contribution in [1.82, 2.24) is 5.32 Å². The average Bonchev–Trinajstić information content (AvgIpc) is 3.39. The molecule has 3 aromatic rings. The molecule has 0 bridgehead atoms. The number of amides is 1. The topological polar surface area (TPSA) is 68.5 Å². The first-order valence-electron chi connectivity index (χ1n) is 9.91. The van der Waals surface area contributed by atoms with Gasteiger partial charge in [-0.1, -0.05) is 18.2 Å². The molecule has 1 aliphatic rings. The molecule has 1 aromatic heterocycles. The molecule has 1 saturated carbocycles. The van der Waals surface area contributed by atoms with Crippen molar-refractivity contribution in [1.29, 1.82) is 0 Å². The summed E-state index contributed by atoms with van der Waals surface area (Å²) in [6, 6.07) is 11.7. The molecular weight excluding hydrogens is 366 g/mol. The summed E-state index contributed by atoms with van der Waals surface area (Å²) < 4.78 is 11.1. The molecule has 0 spiro atoms. The number of rotatable bonds is 5. The zero-order chi connectivity index (χ0) is 20.6. The minimum atomic E-state index is -0.536. The van der Waals surface area contributed by atoms with E-state index in [-0.39, 0.29) is 0 Å². The van der Waals surface area contributed by atoms with Crippen LogP contribution in [-0.4, -0.2) is 18.0 Å². The minimum absolute atomic E-state index is 0.352. The van der Waals surface area contributed by atoms with Crippen molar-refractivity contribution in [3.8, 4) is 11.1 Å². The maximum absolute atomic E-state index is 11.9. The van der Waals surface area contributed by atoms with Gasteiger partial charge in [-0.05, 0) is 74.4 Å². The van der Waals surface area contributed by atoms with Crippen molar-refractivity contribution in [3.63, 3.8) is 0 Å². The molecule has 150 valence electrons. The average molecular weight is 391 g/mol. The Hall–Kier alpha value is -3.08. The summed E-state index contributed by atoms with van der Waals surface area (Å²) in [7, 11) is 0. The van der Waals surface area contributed by atoms with E-state index in [4.69, 9.17) is 9.15 Å². The third kappa shape index (κ3) is 4.19. The van der Waals surface area contributed by atoms with E-state index in [1.807, 2.05) is 57.2 Å². The maximum atomic E-state index is 11.9. The summed E-state index contributed by atoms with van der Waals surface area (Å²) in [6.45, 7) is 5.85. The molecule has 1 heterocycles. The predicted octanol–water partition coefficient (Wildman–Crippen LogP) is 5.81. The van der Waals surface area contributed by atoms with Crippen LogP contribution >= 0.6 is 0 Å². The van der Waals surface area contributed by atoms with Gasteiger partial charge in [-0.15, -0.1) is 0 Å². The monoisotopic (exact) mass is 391 g/mol. The van der Waals surface area contributed by atoms with Gasteiger partial charge >= 0.3 is 6.09 Å². The Bertz CT molecular complexity index is 1070. The van der Waals surface area contributed by atoms with Crippen molar-refractivity contribution in [2.45, 2.75) is 51.7 Å². The van der Waals surface area contributed by atoms with E-state index in [1.54, 1.807) is 6.26 Å². The number of carbonyl (C=O) groups excluding carboxylic acids is 2. The smallest absolute Gasteiger partial charge is 0.407 e. The van der Waals surface area contributed by atoms with Crippen LogP contribution in [-0.2, 0) is 11.3 Å². The summed E-state index contributed by atoms with van der Waals surface area (Å²) in [5.74, 6) is 0.453. The lowest BCUT2D eigenvalue weighted by Crippen LogP contribution is -2.32. The number of benzene rings is 2. The van der Waals surface area contributed by atoms with Crippen molar-refractivity contribution >= 4 is 23.3 Å². The first kappa shape index (κ1) is 19.2. The van der Waals surface area contributed by atoms with E-state index in [0.29, 0.717) is 12.5 Å². The van der Waals surface area contributed by atoms with Gasteiger partial charge in [-0.25, -0.2) is 4.79 Å². The Morgan fingerprint density at radius 1 is 1.24 bits per heavy atom. The summed E-state index contributed by atoms with van der Waals surface area (Å²) >= 11 is 0. The molecule has 5 nitrogen and oxygen atoms in total. The van der Waals surface area contributed by atoms with E-state index >= 15 is 0 Å². The normalized spacial score (nSPS) is 14.0. The van der Waals surface area contributed by atoms with Crippen LogP contribution in [0.4, 0.5) is 4.79 Å². The van der Waals surface area contributed by atoms with Gasteiger partial charge in [0.2, 0.25) is 0 Å². The molecular formula is C24H25NO4. The quantitative estimate of drug-likeness (QED) is 0.557. The van der Waals surface area contributed by atoms with Gasteiger partial charge in [0.25, 0.3) is 0 Å². The van der Waals surface area contributed by atoms with Crippen LogP contribution in [0.1, 0.15) is 61.0 Å². The molecule has 0 atom stereocenters. The lowest BCUT2D eigenvalue weighted by molar-refractivity contribution is 0.0523. The molecule has 4 rings (SSSR count). The Labute approximate surface area is 170 Å². The molecule has 1 amide bonds. The lowest BCUT2D eigenvalue weighted by atomic mass is 9.93. The van der Waals surface area contributed by atoms with Crippen molar-refractivity contribution in [3.05, 3.63) is 59.4 Å². The second-order valence-corrected chi connectivity index (χ2v) is 8.54. The number of hydrogen-bond donors (Lipinski definition) is 1. The van der Waals surface area contributed by atoms with Gasteiger partial charge in [0.1, 0.15) is 17.5 Å². The first-order chi connectivity index (χ1) is 13.9. The van der Waals surface area contributed by atoms with Gasteiger partial charge in [-0.3, -0.25) is 4.79 Å². The van der Waals surface area contributed by atoms with Crippen LogP contribution in [0.5, 0.6) is 0 Å². The molecule has 1 N–H and O–H groups in total. The van der Waals surface area contributed by atoms with Gasteiger partial charge in [-0.2, -0.15) is 0 Å². The van der Waals surface area contributed by atoms with Crippen molar-refractivity contribution in [2.75, 3.05) is 0 Å². The van der Waals surface area contributed by atoms with Crippen molar-refractivity contribution in [2.24, 2.45) is 0 Å². The van der Waals surface area contributed by atoms with Crippen LogP contribution < -0.4 is 5.32 Å². The summed E-state index contributed by atoms with van der Waals surface area (Å²) in [5, 5.41) is 3.80. The number of fused-ring (bicyclic) bond motifs is 1. The Kier molecular flexibility index (Phi) is 4.91. The minimum Gasteiger partial charge on any atom is -0.464 e. The lowest BCUT2D eigenvalue weighted by Gasteiger charge is -2.19. The van der Waals surface area contributed by atoms with Crippen LogP contribution in [0, 0.1) is 0 Å². The largest absolute Gasteiger partial charge is 0.464 e. The van der Waals surface area contributed by atoms with Crippen molar-refractivity contribution < 1.29 is 18.7 Å². The second kappa shape index (κ2) is 7.39. The van der Waals surface area contributed by atoms with E-state index in [9.17, 15) is 9.59 Å². The predicted molar refractivity (Wildman–Crippen MR) is 112 cm³/mol. The summed E-state index contributed by atoms with van der Waals surface area (Å²) in [4.78, 5) is 23.7. The van der Waals surface area contributed by atoms with Gasteiger partial charge in [0.15, 0.2) is 0 Å². The molecule has 29 heavy (non-hydrogen) atoms. The number of furan rings is 1. The fraction of sp³-hybridized carbons (Fsp3) is 0.333. The molecule has 0 aliphatic heterocycles. The highest BCUT2D eigenvalue weighted by atomic mass is 16.6. The maximum Gasteiger partial charge on any atom is 0.407 e. The highest BCUT2D eigenvalue weighted by molar-refractivity contribution is 6.00. The van der Waals surface area contributed by atoms with Gasteiger partial charge in [0.05, 0.1) is 6.26 Å². The van der Waals surface area contributed by atoms with Crippen LogP contribution in [0.15, 0.2) is 47.1 Å². The molecule has 1 aliphatic carbocycles. The fourth-order valence-corrected chi connectivity index (χ4v) is 3.66. The second-order valence-electron chi connectivity index (χ2n) is 8.54. The van der Waals surface area contributed by atoms with Crippen LogP contribution in [0.25, 0.3) is 22.1 Å². The number of nitrogens with one attached hydrogen (secondary N) is 1. The molecule has 0 saturated heterocycles. The van der Waals surface area contributed by atoms with Gasteiger partial charge in [0, 0.05) is 23.1 Å². The molecule has 1 fully saturated rings. The number of aldehydes is 1. The third-order valence-electron chi connectivity index (χ3n) is 5.00. The molecule has 5 heteroatoms.